The summed E-state index contributed by atoms with van der Waals surface area (Å²) in [6.07, 6.45) is 3.78. The molecule has 6 heteroatoms. The normalized spacial score (nSPS) is 19.4. The Bertz CT molecular complexity index is 709. The second-order valence-electron chi connectivity index (χ2n) is 5.87. The van der Waals surface area contributed by atoms with Gasteiger partial charge in [-0.15, -0.1) is 0 Å². The SMILES string of the molecule is CN(C)C1CCCN(c2cc3nc[nH]c(=O)c3cc2N)C1. The number of nitrogens with one attached hydrogen (secondary N) is 1. The molecule has 0 bridgehead atoms. The van der Waals surface area contributed by atoms with Crippen LogP contribution in [0.5, 0.6) is 0 Å². The number of hydrogen-bond donors (Lipinski definition) is 2. The van der Waals surface area contributed by atoms with E-state index < -0.39 is 0 Å². The number of nitrogens with zero attached hydrogens (tertiary/aromatic N) is 3. The quantitative estimate of drug-likeness (QED) is 0.807. The van der Waals surface area contributed by atoms with Gasteiger partial charge in [0.2, 0.25) is 0 Å². The highest BCUT2D eigenvalue weighted by Gasteiger charge is 2.23. The van der Waals surface area contributed by atoms with Gasteiger partial charge in [0.15, 0.2) is 0 Å². The Hall–Kier alpha value is -2.08. The van der Waals surface area contributed by atoms with E-state index in [-0.39, 0.29) is 5.56 Å². The number of rotatable bonds is 2. The summed E-state index contributed by atoms with van der Waals surface area (Å²) in [4.78, 5) is 23.2. The van der Waals surface area contributed by atoms with Crippen molar-refractivity contribution in [3.63, 3.8) is 0 Å². The number of H-pyrrole nitrogens is 1. The number of fused-ring (bicyclic) bond motifs is 1. The van der Waals surface area contributed by atoms with Crippen LogP contribution in [-0.2, 0) is 0 Å². The maximum Gasteiger partial charge on any atom is 0.258 e. The third-order valence-corrected chi connectivity index (χ3v) is 4.26. The van der Waals surface area contributed by atoms with Crippen molar-refractivity contribution < 1.29 is 0 Å². The second-order valence-corrected chi connectivity index (χ2v) is 5.87. The Morgan fingerprint density at radius 2 is 2.24 bits per heavy atom. The molecule has 1 unspecified atom stereocenters. The van der Waals surface area contributed by atoms with Crippen LogP contribution >= 0.6 is 0 Å². The first kappa shape index (κ1) is 13.9. The molecule has 0 saturated carbocycles. The van der Waals surface area contributed by atoms with E-state index in [0.29, 0.717) is 22.6 Å². The fraction of sp³-hybridized carbons (Fsp3) is 0.467. The first-order valence-corrected chi connectivity index (χ1v) is 7.24. The minimum absolute atomic E-state index is 0.150. The monoisotopic (exact) mass is 287 g/mol. The number of nitrogens with two attached hydrogens (primary N) is 1. The van der Waals surface area contributed by atoms with Crippen LogP contribution in [-0.4, -0.2) is 48.1 Å². The van der Waals surface area contributed by atoms with Gasteiger partial charge < -0.3 is 20.5 Å². The molecular weight excluding hydrogens is 266 g/mol. The smallest absolute Gasteiger partial charge is 0.258 e. The zero-order valence-electron chi connectivity index (χ0n) is 12.5. The zero-order valence-corrected chi connectivity index (χ0v) is 12.5. The van der Waals surface area contributed by atoms with E-state index >= 15 is 0 Å². The summed E-state index contributed by atoms with van der Waals surface area (Å²) in [5, 5.41) is 0.542. The fourth-order valence-electron chi connectivity index (χ4n) is 2.99. The molecule has 0 amide bonds. The molecule has 1 aromatic heterocycles. The summed E-state index contributed by atoms with van der Waals surface area (Å²) >= 11 is 0. The van der Waals surface area contributed by atoms with Crippen LogP contribution in [0.25, 0.3) is 10.9 Å². The lowest BCUT2D eigenvalue weighted by molar-refractivity contribution is 0.258. The largest absolute Gasteiger partial charge is 0.397 e. The average molecular weight is 287 g/mol. The topological polar surface area (TPSA) is 78.2 Å². The van der Waals surface area contributed by atoms with Gasteiger partial charge in [0, 0.05) is 19.1 Å². The van der Waals surface area contributed by atoms with Crippen molar-refractivity contribution in [2.45, 2.75) is 18.9 Å². The zero-order chi connectivity index (χ0) is 15.0. The Balaban J connectivity index is 2.00. The Morgan fingerprint density at radius 1 is 1.43 bits per heavy atom. The molecule has 0 radical (unpaired) electrons. The summed E-state index contributed by atoms with van der Waals surface area (Å²) in [6.45, 7) is 1.94. The van der Waals surface area contributed by atoms with E-state index in [1.807, 2.05) is 6.07 Å². The molecule has 21 heavy (non-hydrogen) atoms. The summed E-state index contributed by atoms with van der Waals surface area (Å²) in [5.74, 6) is 0. The number of nitrogen functional groups attached to an aromatic ring is 1. The van der Waals surface area contributed by atoms with Crippen molar-refractivity contribution >= 4 is 22.3 Å². The van der Waals surface area contributed by atoms with Crippen molar-refractivity contribution in [2.75, 3.05) is 37.8 Å². The van der Waals surface area contributed by atoms with E-state index in [2.05, 4.69) is 33.9 Å². The molecule has 2 heterocycles. The number of aromatic nitrogens is 2. The predicted molar refractivity (Wildman–Crippen MR) is 85.7 cm³/mol. The molecule has 0 aliphatic carbocycles. The fourth-order valence-corrected chi connectivity index (χ4v) is 2.99. The number of anilines is 2. The van der Waals surface area contributed by atoms with Gasteiger partial charge >= 0.3 is 0 Å². The molecule has 1 aromatic carbocycles. The van der Waals surface area contributed by atoms with Crippen LogP contribution in [0.3, 0.4) is 0 Å². The van der Waals surface area contributed by atoms with Crippen LogP contribution in [0.4, 0.5) is 11.4 Å². The molecule has 3 N–H and O–H groups in total. The number of hydrogen-bond acceptors (Lipinski definition) is 5. The standard InChI is InChI=1S/C15H21N5O/c1-19(2)10-4-3-5-20(8-10)14-7-13-11(6-12(14)16)15(21)18-9-17-13/h6-7,9-10H,3-5,8,16H2,1-2H3,(H,17,18,21). The van der Waals surface area contributed by atoms with Gasteiger partial charge in [-0.2, -0.15) is 0 Å². The molecule has 1 fully saturated rings. The number of benzene rings is 1. The minimum atomic E-state index is -0.150. The molecule has 112 valence electrons. The number of piperidine rings is 1. The van der Waals surface area contributed by atoms with Crippen molar-refractivity contribution in [2.24, 2.45) is 0 Å². The summed E-state index contributed by atoms with van der Waals surface area (Å²) in [7, 11) is 4.22. The molecule has 1 saturated heterocycles. The van der Waals surface area contributed by atoms with Crippen LogP contribution < -0.4 is 16.2 Å². The maximum absolute atomic E-state index is 11.8. The third kappa shape index (κ3) is 2.58. The van der Waals surface area contributed by atoms with E-state index in [1.165, 1.54) is 12.7 Å². The summed E-state index contributed by atoms with van der Waals surface area (Å²) in [6, 6.07) is 4.19. The lowest BCUT2D eigenvalue weighted by Crippen LogP contribution is -2.45. The van der Waals surface area contributed by atoms with Crippen molar-refractivity contribution in [3.8, 4) is 0 Å². The molecule has 1 aliphatic rings. The molecule has 1 atom stereocenters. The van der Waals surface area contributed by atoms with Gasteiger partial charge in [0.05, 0.1) is 28.6 Å². The maximum atomic E-state index is 11.8. The molecular formula is C15H21N5O. The first-order chi connectivity index (χ1) is 10.1. The van der Waals surface area contributed by atoms with Gasteiger partial charge in [0.25, 0.3) is 5.56 Å². The lowest BCUT2D eigenvalue weighted by Gasteiger charge is -2.38. The van der Waals surface area contributed by atoms with Gasteiger partial charge in [-0.3, -0.25) is 4.79 Å². The Labute approximate surface area is 123 Å². The highest BCUT2D eigenvalue weighted by atomic mass is 16.1. The van der Waals surface area contributed by atoms with E-state index in [1.54, 1.807) is 6.07 Å². The molecule has 0 spiro atoms. The van der Waals surface area contributed by atoms with Crippen LogP contribution in [0.1, 0.15) is 12.8 Å². The minimum Gasteiger partial charge on any atom is -0.397 e. The van der Waals surface area contributed by atoms with Crippen LogP contribution in [0.2, 0.25) is 0 Å². The summed E-state index contributed by atoms with van der Waals surface area (Å²) < 4.78 is 0. The van der Waals surface area contributed by atoms with E-state index in [4.69, 9.17) is 5.73 Å². The Kier molecular flexibility index (Phi) is 3.55. The second kappa shape index (κ2) is 5.37. The summed E-state index contributed by atoms with van der Waals surface area (Å²) in [5.41, 5.74) is 8.33. The van der Waals surface area contributed by atoms with E-state index in [9.17, 15) is 4.79 Å². The number of aromatic amines is 1. The molecule has 6 nitrogen and oxygen atoms in total. The van der Waals surface area contributed by atoms with Crippen LogP contribution in [0, 0.1) is 0 Å². The first-order valence-electron chi connectivity index (χ1n) is 7.24. The highest BCUT2D eigenvalue weighted by molar-refractivity contribution is 5.88. The molecule has 3 rings (SSSR count). The predicted octanol–water partition coefficient (Wildman–Crippen LogP) is 1.04. The average Bonchev–Trinajstić information content (AvgIpc) is 2.48. The van der Waals surface area contributed by atoms with Crippen molar-refractivity contribution in [1.82, 2.24) is 14.9 Å². The van der Waals surface area contributed by atoms with Gasteiger partial charge in [-0.05, 0) is 39.1 Å². The molecule has 2 aromatic rings. The highest BCUT2D eigenvalue weighted by Crippen LogP contribution is 2.29. The number of likely N-dealkylation sites (N-methyl/N-ethyl adjacent to an activating group) is 1. The molecule has 1 aliphatic heterocycles. The van der Waals surface area contributed by atoms with Crippen molar-refractivity contribution in [3.05, 3.63) is 28.8 Å². The van der Waals surface area contributed by atoms with E-state index in [0.717, 1.165) is 25.2 Å². The van der Waals surface area contributed by atoms with Gasteiger partial charge in [-0.1, -0.05) is 0 Å². The third-order valence-electron chi connectivity index (χ3n) is 4.26. The lowest BCUT2D eigenvalue weighted by atomic mass is 10.0. The van der Waals surface area contributed by atoms with Crippen LogP contribution in [0.15, 0.2) is 23.3 Å². The van der Waals surface area contributed by atoms with Gasteiger partial charge in [-0.25, -0.2) is 4.98 Å². The Morgan fingerprint density at radius 3 is 3.00 bits per heavy atom. The van der Waals surface area contributed by atoms with Gasteiger partial charge in [0.1, 0.15) is 0 Å². The van der Waals surface area contributed by atoms with Crippen molar-refractivity contribution in [1.29, 1.82) is 0 Å².